The fourth-order valence-corrected chi connectivity index (χ4v) is 2.19. The molecule has 0 aromatic heterocycles. The van der Waals surface area contributed by atoms with Crippen molar-refractivity contribution in [3.63, 3.8) is 0 Å². The largest absolute Gasteiger partial charge is 0.336 e. The summed E-state index contributed by atoms with van der Waals surface area (Å²) < 4.78 is 0. The maximum Gasteiger partial charge on any atom is 0.322 e. The number of piperidine rings is 1. The lowest BCUT2D eigenvalue weighted by Gasteiger charge is -2.37. The molecule has 2 heterocycles. The van der Waals surface area contributed by atoms with Crippen molar-refractivity contribution >= 4 is 17.8 Å². The summed E-state index contributed by atoms with van der Waals surface area (Å²) in [6.07, 6.45) is 2.46. The third-order valence-corrected chi connectivity index (χ3v) is 2.99. The van der Waals surface area contributed by atoms with Crippen molar-refractivity contribution in [2.45, 2.75) is 18.4 Å². The van der Waals surface area contributed by atoms with Crippen LogP contribution in [0.4, 0.5) is 4.79 Å². The highest BCUT2D eigenvalue weighted by molar-refractivity contribution is 6.07. The van der Waals surface area contributed by atoms with Gasteiger partial charge in [-0.2, -0.15) is 0 Å². The molecular weight excluding hydrogens is 210 g/mol. The van der Waals surface area contributed by atoms with E-state index in [1.54, 1.807) is 0 Å². The molecule has 0 aliphatic carbocycles. The summed E-state index contributed by atoms with van der Waals surface area (Å²) in [4.78, 5) is 35.8. The minimum absolute atomic E-state index is 0.215. The molecule has 6 nitrogen and oxygen atoms in total. The average molecular weight is 223 g/mol. The van der Waals surface area contributed by atoms with Crippen LogP contribution in [0.2, 0.25) is 0 Å². The summed E-state index contributed by atoms with van der Waals surface area (Å²) in [6.45, 7) is 4.22. The van der Waals surface area contributed by atoms with Crippen molar-refractivity contribution in [2.24, 2.45) is 0 Å². The molecule has 16 heavy (non-hydrogen) atoms. The van der Waals surface area contributed by atoms with Crippen molar-refractivity contribution in [3.05, 3.63) is 12.7 Å². The van der Waals surface area contributed by atoms with Crippen molar-refractivity contribution in [1.82, 2.24) is 15.5 Å². The molecule has 1 spiro atoms. The number of carbonyl (C=O) groups excluding carboxylic acids is 3. The Kier molecular flexibility index (Phi) is 2.41. The van der Waals surface area contributed by atoms with Crippen molar-refractivity contribution in [1.29, 1.82) is 0 Å². The van der Waals surface area contributed by atoms with Crippen LogP contribution >= 0.6 is 0 Å². The highest BCUT2D eigenvalue weighted by atomic mass is 16.2. The second kappa shape index (κ2) is 3.62. The maximum absolute atomic E-state index is 11.7. The van der Waals surface area contributed by atoms with E-state index in [-0.39, 0.29) is 18.4 Å². The van der Waals surface area contributed by atoms with Crippen LogP contribution in [0.15, 0.2) is 12.7 Å². The molecule has 86 valence electrons. The van der Waals surface area contributed by atoms with Crippen LogP contribution in [0.5, 0.6) is 0 Å². The van der Waals surface area contributed by atoms with Gasteiger partial charge < -0.3 is 10.2 Å². The van der Waals surface area contributed by atoms with Crippen molar-refractivity contribution < 1.29 is 14.4 Å². The molecule has 2 fully saturated rings. The molecule has 0 radical (unpaired) electrons. The highest BCUT2D eigenvalue weighted by Gasteiger charge is 2.49. The molecule has 4 amide bonds. The number of carbonyl (C=O) groups is 3. The molecule has 2 saturated heterocycles. The molecule has 0 bridgehead atoms. The molecule has 1 unspecified atom stereocenters. The number of imide groups is 1. The number of nitrogens with zero attached hydrogens (tertiary/aromatic N) is 1. The predicted octanol–water partition coefficient (Wildman–Crippen LogP) is -0.627. The molecule has 2 N–H and O–H groups in total. The van der Waals surface area contributed by atoms with E-state index in [0.29, 0.717) is 19.4 Å². The Hall–Kier alpha value is -1.85. The van der Waals surface area contributed by atoms with E-state index < -0.39 is 11.6 Å². The molecule has 0 saturated carbocycles. The lowest BCUT2D eigenvalue weighted by atomic mass is 9.89. The monoisotopic (exact) mass is 223 g/mol. The van der Waals surface area contributed by atoms with Crippen LogP contribution in [0.3, 0.4) is 0 Å². The zero-order valence-corrected chi connectivity index (χ0v) is 8.78. The molecule has 2 rings (SSSR count). The van der Waals surface area contributed by atoms with Gasteiger partial charge in [-0.25, -0.2) is 4.79 Å². The molecule has 0 aromatic rings. The van der Waals surface area contributed by atoms with Gasteiger partial charge in [0.1, 0.15) is 5.54 Å². The highest BCUT2D eigenvalue weighted by Crippen LogP contribution is 2.24. The quantitative estimate of drug-likeness (QED) is 0.459. The van der Waals surface area contributed by atoms with Crippen LogP contribution < -0.4 is 10.6 Å². The summed E-state index contributed by atoms with van der Waals surface area (Å²) in [6, 6.07) is -0.488. The first-order valence-corrected chi connectivity index (χ1v) is 5.12. The van der Waals surface area contributed by atoms with Gasteiger partial charge in [-0.3, -0.25) is 14.9 Å². The second-order valence-electron chi connectivity index (χ2n) is 4.06. The van der Waals surface area contributed by atoms with Crippen LogP contribution in [0.25, 0.3) is 0 Å². The van der Waals surface area contributed by atoms with Crippen LogP contribution in [-0.2, 0) is 9.59 Å². The number of nitrogens with one attached hydrogen (secondary N) is 2. The molecular formula is C10H13N3O3. The summed E-state index contributed by atoms with van der Waals surface area (Å²) in [5.41, 5.74) is -0.937. The standard InChI is InChI=1S/C10H13N3O3/c1-2-7(14)13-5-3-4-10(6-13)8(15)11-9(16)12-10/h2H,1,3-6H2,(H2,11,12,15,16). The van der Waals surface area contributed by atoms with E-state index in [1.165, 1.54) is 11.0 Å². The Morgan fingerprint density at radius 3 is 2.81 bits per heavy atom. The summed E-state index contributed by atoms with van der Waals surface area (Å²) in [5, 5.41) is 4.80. The number of hydrogen-bond donors (Lipinski definition) is 2. The van der Waals surface area contributed by atoms with Gasteiger partial charge in [0, 0.05) is 6.54 Å². The molecule has 2 aliphatic heterocycles. The third-order valence-electron chi connectivity index (χ3n) is 2.99. The Balaban J connectivity index is 2.18. The fourth-order valence-electron chi connectivity index (χ4n) is 2.19. The van der Waals surface area contributed by atoms with Gasteiger partial charge in [0.05, 0.1) is 6.54 Å². The van der Waals surface area contributed by atoms with Gasteiger partial charge in [-0.15, -0.1) is 0 Å². The first kappa shape index (κ1) is 10.7. The number of likely N-dealkylation sites (tertiary alicyclic amines) is 1. The Bertz CT molecular complexity index is 380. The SMILES string of the molecule is C=CC(=O)N1CCCC2(C1)NC(=O)NC2=O. The lowest BCUT2D eigenvalue weighted by Crippen LogP contribution is -2.59. The fraction of sp³-hybridized carbons (Fsp3) is 0.500. The Morgan fingerprint density at radius 2 is 2.25 bits per heavy atom. The number of rotatable bonds is 1. The first-order valence-electron chi connectivity index (χ1n) is 5.12. The number of urea groups is 1. The summed E-state index contributed by atoms with van der Waals surface area (Å²) in [7, 11) is 0. The normalized spacial score (nSPS) is 28.9. The van der Waals surface area contributed by atoms with E-state index >= 15 is 0 Å². The van der Waals surface area contributed by atoms with Gasteiger partial charge in [0.25, 0.3) is 5.91 Å². The first-order chi connectivity index (χ1) is 7.57. The van der Waals surface area contributed by atoms with E-state index in [4.69, 9.17) is 0 Å². The van der Waals surface area contributed by atoms with Gasteiger partial charge in [0.2, 0.25) is 5.91 Å². The number of hydrogen-bond acceptors (Lipinski definition) is 3. The summed E-state index contributed by atoms with van der Waals surface area (Å²) >= 11 is 0. The smallest absolute Gasteiger partial charge is 0.322 e. The molecule has 0 aromatic carbocycles. The van der Waals surface area contributed by atoms with Gasteiger partial charge in [-0.05, 0) is 18.9 Å². The molecule has 2 aliphatic rings. The van der Waals surface area contributed by atoms with Crippen LogP contribution in [0, 0.1) is 0 Å². The molecule has 1 atom stereocenters. The minimum Gasteiger partial charge on any atom is -0.336 e. The van der Waals surface area contributed by atoms with Crippen LogP contribution in [0.1, 0.15) is 12.8 Å². The van der Waals surface area contributed by atoms with E-state index in [2.05, 4.69) is 17.2 Å². The van der Waals surface area contributed by atoms with E-state index in [1.807, 2.05) is 0 Å². The van der Waals surface area contributed by atoms with Gasteiger partial charge >= 0.3 is 6.03 Å². The van der Waals surface area contributed by atoms with Crippen molar-refractivity contribution in [2.75, 3.05) is 13.1 Å². The Morgan fingerprint density at radius 1 is 1.50 bits per heavy atom. The topological polar surface area (TPSA) is 78.5 Å². The van der Waals surface area contributed by atoms with E-state index in [9.17, 15) is 14.4 Å². The van der Waals surface area contributed by atoms with Crippen LogP contribution in [-0.4, -0.2) is 41.4 Å². The zero-order valence-electron chi connectivity index (χ0n) is 8.78. The third kappa shape index (κ3) is 1.56. The predicted molar refractivity (Wildman–Crippen MR) is 55.4 cm³/mol. The van der Waals surface area contributed by atoms with Gasteiger partial charge in [0.15, 0.2) is 0 Å². The van der Waals surface area contributed by atoms with Gasteiger partial charge in [-0.1, -0.05) is 6.58 Å². The average Bonchev–Trinajstić information content (AvgIpc) is 2.52. The maximum atomic E-state index is 11.7. The minimum atomic E-state index is -0.937. The van der Waals surface area contributed by atoms with E-state index in [0.717, 1.165) is 0 Å². The summed E-state index contributed by atoms with van der Waals surface area (Å²) in [5.74, 6) is -0.563. The zero-order chi connectivity index (χ0) is 11.8. The Labute approximate surface area is 92.7 Å². The van der Waals surface area contributed by atoms with Crippen molar-refractivity contribution in [3.8, 4) is 0 Å². The second-order valence-corrected chi connectivity index (χ2v) is 4.06. The number of amides is 4. The lowest BCUT2D eigenvalue weighted by molar-refractivity contribution is -0.132. The molecule has 6 heteroatoms.